The average molecular weight is 236 g/mol. The van der Waals surface area contributed by atoms with Crippen LogP contribution in [0, 0.1) is 0 Å². The number of benzene rings is 1. The van der Waals surface area contributed by atoms with Gasteiger partial charge in [0.05, 0.1) is 0 Å². The second-order valence-corrected chi connectivity index (χ2v) is 3.52. The number of carbonyl (C=O) groups excluding carboxylic acids is 2. The first-order valence-electron chi connectivity index (χ1n) is 5.13. The standard InChI is InChI=1S/C11H12N2O4/c12-10(14)11(15)13-6-7-1-2-8-9(5-7)17-4-3-16-8/h1-2,5H,3-4,6H2,(H2,12,14)(H,13,15). The van der Waals surface area contributed by atoms with Crippen molar-refractivity contribution < 1.29 is 19.1 Å². The minimum atomic E-state index is -0.998. The number of rotatable bonds is 2. The summed E-state index contributed by atoms with van der Waals surface area (Å²) in [6.07, 6.45) is 0. The van der Waals surface area contributed by atoms with Crippen LogP contribution in [0.1, 0.15) is 5.56 Å². The van der Waals surface area contributed by atoms with Gasteiger partial charge in [-0.2, -0.15) is 0 Å². The molecular formula is C11H12N2O4. The lowest BCUT2D eigenvalue weighted by atomic mass is 10.2. The summed E-state index contributed by atoms with van der Waals surface area (Å²) < 4.78 is 10.7. The zero-order valence-corrected chi connectivity index (χ0v) is 9.06. The third-order valence-electron chi connectivity index (χ3n) is 2.28. The third kappa shape index (κ3) is 2.66. The van der Waals surface area contributed by atoms with Crippen molar-refractivity contribution in [2.75, 3.05) is 13.2 Å². The highest BCUT2D eigenvalue weighted by Crippen LogP contribution is 2.30. The lowest BCUT2D eigenvalue weighted by Crippen LogP contribution is -2.35. The van der Waals surface area contributed by atoms with Gasteiger partial charge < -0.3 is 20.5 Å². The Bertz CT molecular complexity index is 459. The van der Waals surface area contributed by atoms with Gasteiger partial charge in [-0.15, -0.1) is 0 Å². The molecule has 0 unspecified atom stereocenters. The van der Waals surface area contributed by atoms with Gasteiger partial charge in [0.1, 0.15) is 13.2 Å². The molecule has 6 nitrogen and oxygen atoms in total. The Morgan fingerprint density at radius 2 is 1.94 bits per heavy atom. The number of amides is 2. The third-order valence-corrected chi connectivity index (χ3v) is 2.28. The summed E-state index contributed by atoms with van der Waals surface area (Å²) in [5.74, 6) is -0.481. The molecule has 0 spiro atoms. The highest BCUT2D eigenvalue weighted by Gasteiger charge is 2.12. The fourth-order valence-electron chi connectivity index (χ4n) is 1.47. The molecule has 0 aliphatic carbocycles. The van der Waals surface area contributed by atoms with E-state index in [1.807, 2.05) is 0 Å². The van der Waals surface area contributed by atoms with E-state index in [-0.39, 0.29) is 6.54 Å². The molecule has 1 heterocycles. The summed E-state index contributed by atoms with van der Waals surface area (Å²) in [7, 11) is 0. The van der Waals surface area contributed by atoms with Crippen LogP contribution in [-0.2, 0) is 16.1 Å². The number of carbonyl (C=O) groups is 2. The summed E-state index contributed by atoms with van der Waals surface area (Å²) in [6, 6.07) is 5.31. The molecule has 17 heavy (non-hydrogen) atoms. The van der Waals surface area contributed by atoms with Gasteiger partial charge >= 0.3 is 11.8 Å². The first kappa shape index (κ1) is 11.3. The van der Waals surface area contributed by atoms with Crippen molar-refractivity contribution >= 4 is 11.8 Å². The molecule has 2 rings (SSSR count). The molecule has 0 atom stereocenters. The molecule has 0 radical (unpaired) electrons. The number of nitrogens with two attached hydrogens (primary N) is 1. The van der Waals surface area contributed by atoms with Gasteiger partial charge in [-0.1, -0.05) is 6.07 Å². The van der Waals surface area contributed by atoms with E-state index in [9.17, 15) is 9.59 Å². The van der Waals surface area contributed by atoms with Gasteiger partial charge in [0.15, 0.2) is 11.5 Å². The SMILES string of the molecule is NC(=O)C(=O)NCc1ccc2c(c1)OCCO2. The molecule has 0 saturated carbocycles. The van der Waals surface area contributed by atoms with Crippen LogP contribution in [0.4, 0.5) is 0 Å². The van der Waals surface area contributed by atoms with E-state index in [1.54, 1.807) is 18.2 Å². The van der Waals surface area contributed by atoms with E-state index in [4.69, 9.17) is 15.2 Å². The Balaban J connectivity index is 2.02. The van der Waals surface area contributed by atoms with Crippen molar-refractivity contribution in [2.45, 2.75) is 6.54 Å². The van der Waals surface area contributed by atoms with Crippen LogP contribution in [0.5, 0.6) is 11.5 Å². The molecule has 1 aliphatic rings. The van der Waals surface area contributed by atoms with Crippen LogP contribution in [0.3, 0.4) is 0 Å². The van der Waals surface area contributed by atoms with Crippen LogP contribution >= 0.6 is 0 Å². The molecule has 0 bridgehead atoms. The molecule has 0 saturated heterocycles. The van der Waals surface area contributed by atoms with Crippen molar-refractivity contribution in [2.24, 2.45) is 5.73 Å². The largest absolute Gasteiger partial charge is 0.486 e. The number of fused-ring (bicyclic) bond motifs is 1. The van der Waals surface area contributed by atoms with Crippen LogP contribution in [0.15, 0.2) is 18.2 Å². The first-order chi connectivity index (χ1) is 8.16. The smallest absolute Gasteiger partial charge is 0.309 e. The molecule has 0 fully saturated rings. The predicted octanol–water partition coefficient (Wildman–Crippen LogP) is -0.441. The topological polar surface area (TPSA) is 90.7 Å². The molecule has 90 valence electrons. The maximum atomic E-state index is 11.0. The van der Waals surface area contributed by atoms with Crippen molar-refractivity contribution in [1.29, 1.82) is 0 Å². The molecule has 0 aromatic heterocycles. The number of nitrogens with one attached hydrogen (secondary N) is 1. The number of hydrogen-bond donors (Lipinski definition) is 2. The van der Waals surface area contributed by atoms with E-state index in [0.29, 0.717) is 24.7 Å². The Kier molecular flexibility index (Phi) is 3.13. The second kappa shape index (κ2) is 4.73. The number of hydrogen-bond acceptors (Lipinski definition) is 4. The van der Waals surface area contributed by atoms with E-state index >= 15 is 0 Å². The molecule has 1 aliphatic heterocycles. The maximum absolute atomic E-state index is 11.0. The Labute approximate surface area is 97.7 Å². The number of primary amides is 1. The van der Waals surface area contributed by atoms with Crippen LogP contribution < -0.4 is 20.5 Å². The number of ether oxygens (including phenoxy) is 2. The molecule has 1 aromatic rings. The zero-order chi connectivity index (χ0) is 12.3. The summed E-state index contributed by atoms with van der Waals surface area (Å²) in [5.41, 5.74) is 5.62. The first-order valence-corrected chi connectivity index (χ1v) is 5.13. The Morgan fingerprint density at radius 3 is 2.65 bits per heavy atom. The quantitative estimate of drug-likeness (QED) is 0.681. The van der Waals surface area contributed by atoms with Gasteiger partial charge in [-0.3, -0.25) is 9.59 Å². The van der Waals surface area contributed by atoms with E-state index in [0.717, 1.165) is 5.56 Å². The lowest BCUT2D eigenvalue weighted by molar-refractivity contribution is -0.137. The van der Waals surface area contributed by atoms with Gasteiger partial charge in [-0.25, -0.2) is 0 Å². The van der Waals surface area contributed by atoms with Crippen molar-refractivity contribution in [3.05, 3.63) is 23.8 Å². The summed E-state index contributed by atoms with van der Waals surface area (Å²) in [6.45, 7) is 1.26. The minimum absolute atomic E-state index is 0.221. The summed E-state index contributed by atoms with van der Waals surface area (Å²) in [4.78, 5) is 21.5. The predicted molar refractivity (Wildman–Crippen MR) is 58.5 cm³/mol. The lowest BCUT2D eigenvalue weighted by Gasteiger charge is -2.18. The fourth-order valence-corrected chi connectivity index (χ4v) is 1.47. The van der Waals surface area contributed by atoms with Crippen molar-refractivity contribution in [3.63, 3.8) is 0 Å². The Morgan fingerprint density at radius 1 is 1.24 bits per heavy atom. The van der Waals surface area contributed by atoms with Gasteiger partial charge in [0.25, 0.3) is 0 Å². The normalized spacial score (nSPS) is 12.9. The average Bonchev–Trinajstić information content (AvgIpc) is 2.35. The fraction of sp³-hybridized carbons (Fsp3) is 0.273. The molecular weight excluding hydrogens is 224 g/mol. The summed E-state index contributed by atoms with van der Waals surface area (Å²) >= 11 is 0. The van der Waals surface area contributed by atoms with Crippen LogP contribution in [0.2, 0.25) is 0 Å². The van der Waals surface area contributed by atoms with E-state index < -0.39 is 11.8 Å². The highest BCUT2D eigenvalue weighted by atomic mass is 16.6. The van der Waals surface area contributed by atoms with Crippen molar-refractivity contribution in [1.82, 2.24) is 5.32 Å². The van der Waals surface area contributed by atoms with Crippen LogP contribution in [0.25, 0.3) is 0 Å². The molecule has 6 heteroatoms. The minimum Gasteiger partial charge on any atom is -0.486 e. The van der Waals surface area contributed by atoms with Gasteiger partial charge in [0, 0.05) is 6.54 Å². The zero-order valence-electron chi connectivity index (χ0n) is 9.06. The summed E-state index contributed by atoms with van der Waals surface area (Å²) in [5, 5.41) is 2.40. The van der Waals surface area contributed by atoms with E-state index in [2.05, 4.69) is 5.32 Å². The maximum Gasteiger partial charge on any atom is 0.309 e. The molecule has 2 amide bonds. The van der Waals surface area contributed by atoms with E-state index in [1.165, 1.54) is 0 Å². The molecule has 3 N–H and O–H groups in total. The second-order valence-electron chi connectivity index (χ2n) is 3.52. The van der Waals surface area contributed by atoms with Gasteiger partial charge in [0.2, 0.25) is 0 Å². The van der Waals surface area contributed by atoms with Crippen LogP contribution in [-0.4, -0.2) is 25.0 Å². The van der Waals surface area contributed by atoms with Gasteiger partial charge in [-0.05, 0) is 17.7 Å². The highest BCUT2D eigenvalue weighted by molar-refractivity contribution is 6.34. The monoisotopic (exact) mass is 236 g/mol. The van der Waals surface area contributed by atoms with Crippen molar-refractivity contribution in [3.8, 4) is 11.5 Å². The molecule has 1 aromatic carbocycles. The Hall–Kier alpha value is -2.24.